The molecule has 0 bridgehead atoms. The van der Waals surface area contributed by atoms with Crippen LogP contribution in [0.25, 0.3) is 22.2 Å². The number of anilines is 1. The predicted octanol–water partition coefficient (Wildman–Crippen LogP) is 3.69. The van der Waals surface area contributed by atoms with Crippen LogP contribution in [0.3, 0.4) is 0 Å². The van der Waals surface area contributed by atoms with E-state index in [4.69, 9.17) is 0 Å². The average Bonchev–Trinajstić information content (AvgIpc) is 2.89. The van der Waals surface area contributed by atoms with Gasteiger partial charge in [0.25, 0.3) is 0 Å². The molecule has 0 fully saturated rings. The second kappa shape index (κ2) is 4.76. The summed E-state index contributed by atoms with van der Waals surface area (Å²) in [7, 11) is 1.56. The Bertz CT molecular complexity index is 792. The van der Waals surface area contributed by atoms with Crippen molar-refractivity contribution in [3.63, 3.8) is 0 Å². The van der Waals surface area contributed by atoms with Gasteiger partial charge in [-0.3, -0.25) is 0 Å². The minimum absolute atomic E-state index is 0.140. The zero-order valence-corrected chi connectivity index (χ0v) is 11.0. The first-order valence-electron chi connectivity index (χ1n) is 6.19. The number of alkyl halides is 3. The molecule has 1 aromatic carbocycles. The van der Waals surface area contributed by atoms with Crippen LogP contribution >= 0.6 is 0 Å². The maximum absolute atomic E-state index is 13.2. The number of nitrogens with zero attached hydrogens (tertiary/aromatic N) is 2. The maximum atomic E-state index is 13.2. The fourth-order valence-corrected chi connectivity index (χ4v) is 2.18. The molecular weight excluding hydrogens is 281 g/mol. The van der Waals surface area contributed by atoms with E-state index in [1.807, 2.05) is 6.07 Å². The molecule has 0 radical (unpaired) electrons. The Morgan fingerprint density at radius 1 is 1.19 bits per heavy atom. The number of hydrogen-bond acceptors (Lipinski definition) is 3. The van der Waals surface area contributed by atoms with E-state index >= 15 is 0 Å². The van der Waals surface area contributed by atoms with E-state index in [0.717, 1.165) is 11.7 Å². The molecule has 0 aliphatic rings. The molecule has 0 aliphatic carbocycles. The molecule has 0 spiro atoms. The molecule has 0 atom stereocenters. The van der Waals surface area contributed by atoms with E-state index in [2.05, 4.69) is 20.3 Å². The third kappa shape index (κ3) is 2.31. The minimum atomic E-state index is -4.51. The standard InChI is InChI=1S/C14H11F3N4/c1-18-13-20-7-10(14(15,16)17)12(21-13)9-6-19-11-5-3-2-4-8(9)11/h2-7,19H,1H3,(H,18,20,21). The number of H-pyrrole nitrogens is 1. The van der Waals surface area contributed by atoms with Gasteiger partial charge in [-0.05, 0) is 6.07 Å². The highest BCUT2D eigenvalue weighted by Crippen LogP contribution is 2.38. The van der Waals surface area contributed by atoms with Crippen molar-refractivity contribution in [2.24, 2.45) is 0 Å². The Morgan fingerprint density at radius 3 is 2.67 bits per heavy atom. The number of halogens is 3. The molecule has 0 aliphatic heterocycles. The summed E-state index contributed by atoms with van der Waals surface area (Å²) in [4.78, 5) is 10.6. The maximum Gasteiger partial charge on any atom is 0.419 e. The zero-order chi connectivity index (χ0) is 15.0. The van der Waals surface area contributed by atoms with Gasteiger partial charge in [0.2, 0.25) is 5.95 Å². The Morgan fingerprint density at radius 2 is 1.95 bits per heavy atom. The molecule has 4 nitrogen and oxygen atoms in total. The van der Waals surface area contributed by atoms with Crippen LogP contribution < -0.4 is 5.32 Å². The van der Waals surface area contributed by atoms with Gasteiger partial charge in [-0.25, -0.2) is 9.97 Å². The lowest BCUT2D eigenvalue weighted by atomic mass is 10.1. The summed E-state index contributed by atoms with van der Waals surface area (Å²) in [5, 5.41) is 3.34. The summed E-state index contributed by atoms with van der Waals surface area (Å²) in [5.41, 5.74) is 0.160. The van der Waals surface area contributed by atoms with Crippen LogP contribution in [-0.4, -0.2) is 22.0 Å². The van der Waals surface area contributed by atoms with Crippen LogP contribution in [0.2, 0.25) is 0 Å². The SMILES string of the molecule is CNc1ncc(C(F)(F)F)c(-c2c[nH]c3ccccc23)n1. The largest absolute Gasteiger partial charge is 0.419 e. The number of fused-ring (bicyclic) bond motifs is 1. The fourth-order valence-electron chi connectivity index (χ4n) is 2.18. The molecule has 2 N–H and O–H groups in total. The molecular formula is C14H11F3N4. The summed E-state index contributed by atoms with van der Waals surface area (Å²) in [6, 6.07) is 7.13. The molecule has 0 amide bonds. The van der Waals surface area contributed by atoms with Crippen molar-refractivity contribution < 1.29 is 13.2 Å². The molecule has 21 heavy (non-hydrogen) atoms. The third-order valence-corrected chi connectivity index (χ3v) is 3.16. The number of rotatable bonds is 2. The van der Waals surface area contributed by atoms with Crippen molar-refractivity contribution >= 4 is 16.9 Å². The fraction of sp³-hybridized carbons (Fsp3) is 0.143. The van der Waals surface area contributed by atoms with Gasteiger partial charge in [-0.1, -0.05) is 18.2 Å². The Kier molecular flexibility index (Phi) is 3.04. The number of aromatic nitrogens is 3. The summed E-state index contributed by atoms with van der Waals surface area (Å²) in [6.07, 6.45) is -2.18. The van der Waals surface area contributed by atoms with Crippen molar-refractivity contribution in [1.29, 1.82) is 0 Å². The number of para-hydroxylation sites is 1. The third-order valence-electron chi connectivity index (χ3n) is 3.16. The lowest BCUT2D eigenvalue weighted by Crippen LogP contribution is -2.11. The van der Waals surface area contributed by atoms with Crippen LogP contribution in [0.1, 0.15) is 5.56 Å². The monoisotopic (exact) mass is 292 g/mol. The lowest BCUT2D eigenvalue weighted by Gasteiger charge is -2.12. The minimum Gasteiger partial charge on any atom is -0.360 e. The van der Waals surface area contributed by atoms with Gasteiger partial charge in [0.1, 0.15) is 5.56 Å². The number of nitrogens with one attached hydrogen (secondary N) is 2. The molecule has 0 saturated carbocycles. The van der Waals surface area contributed by atoms with Gasteiger partial charge in [0, 0.05) is 35.9 Å². The highest BCUT2D eigenvalue weighted by Gasteiger charge is 2.36. The molecule has 3 aromatic rings. The second-order valence-corrected chi connectivity index (χ2v) is 4.45. The van der Waals surface area contributed by atoms with E-state index < -0.39 is 11.7 Å². The summed E-state index contributed by atoms with van der Waals surface area (Å²) < 4.78 is 39.5. The quantitative estimate of drug-likeness (QED) is 0.757. The number of hydrogen-bond donors (Lipinski definition) is 2. The first-order chi connectivity index (χ1) is 10.0. The van der Waals surface area contributed by atoms with E-state index in [0.29, 0.717) is 10.9 Å². The van der Waals surface area contributed by atoms with Crippen LogP contribution in [-0.2, 0) is 6.18 Å². The summed E-state index contributed by atoms with van der Waals surface area (Å²) in [6.45, 7) is 0. The van der Waals surface area contributed by atoms with Crippen LogP contribution in [0.15, 0.2) is 36.7 Å². The topological polar surface area (TPSA) is 53.6 Å². The highest BCUT2D eigenvalue weighted by molar-refractivity contribution is 5.95. The molecule has 0 saturated heterocycles. The van der Waals surface area contributed by atoms with Crippen molar-refractivity contribution in [1.82, 2.24) is 15.0 Å². The molecule has 2 aromatic heterocycles. The first-order valence-corrected chi connectivity index (χ1v) is 6.19. The van der Waals surface area contributed by atoms with E-state index in [1.54, 1.807) is 25.2 Å². The average molecular weight is 292 g/mol. The van der Waals surface area contributed by atoms with Gasteiger partial charge in [0.15, 0.2) is 0 Å². The van der Waals surface area contributed by atoms with E-state index in [9.17, 15) is 13.2 Å². The van der Waals surface area contributed by atoms with Gasteiger partial charge in [-0.2, -0.15) is 13.2 Å². The Hall–Kier alpha value is -2.57. The summed E-state index contributed by atoms with van der Waals surface area (Å²) in [5.74, 6) is 0.142. The molecule has 0 unspecified atom stereocenters. The zero-order valence-electron chi connectivity index (χ0n) is 11.0. The molecule has 7 heteroatoms. The normalized spacial score (nSPS) is 11.8. The van der Waals surface area contributed by atoms with Gasteiger partial charge in [0.05, 0.1) is 5.69 Å². The van der Waals surface area contributed by atoms with Gasteiger partial charge in [-0.15, -0.1) is 0 Å². The number of benzene rings is 1. The van der Waals surface area contributed by atoms with Gasteiger partial charge >= 0.3 is 6.18 Å². The van der Waals surface area contributed by atoms with Gasteiger partial charge < -0.3 is 10.3 Å². The Labute approximate surface area is 118 Å². The van der Waals surface area contributed by atoms with Crippen molar-refractivity contribution in [2.75, 3.05) is 12.4 Å². The highest BCUT2D eigenvalue weighted by atomic mass is 19.4. The first kappa shape index (κ1) is 13.4. The van der Waals surface area contributed by atoms with Crippen molar-refractivity contribution in [3.8, 4) is 11.3 Å². The van der Waals surface area contributed by atoms with Crippen LogP contribution in [0.5, 0.6) is 0 Å². The van der Waals surface area contributed by atoms with Crippen molar-refractivity contribution in [3.05, 3.63) is 42.2 Å². The molecule has 3 rings (SSSR count). The van der Waals surface area contributed by atoms with Crippen LogP contribution in [0.4, 0.5) is 19.1 Å². The number of aromatic amines is 1. The van der Waals surface area contributed by atoms with Crippen LogP contribution in [0, 0.1) is 0 Å². The predicted molar refractivity (Wildman–Crippen MR) is 73.9 cm³/mol. The molecule has 108 valence electrons. The van der Waals surface area contributed by atoms with Crippen molar-refractivity contribution in [2.45, 2.75) is 6.18 Å². The second-order valence-electron chi connectivity index (χ2n) is 4.45. The summed E-state index contributed by atoms with van der Waals surface area (Å²) >= 11 is 0. The van der Waals surface area contributed by atoms with E-state index in [-0.39, 0.29) is 11.6 Å². The Balaban J connectivity index is 2.29. The lowest BCUT2D eigenvalue weighted by molar-refractivity contribution is -0.137. The van der Waals surface area contributed by atoms with E-state index in [1.165, 1.54) is 6.20 Å². The smallest absolute Gasteiger partial charge is 0.360 e. The molecule has 2 heterocycles.